The first-order valence-electron chi connectivity index (χ1n) is 12.2. The highest BCUT2D eigenvalue weighted by Gasteiger charge is 2.52. The van der Waals surface area contributed by atoms with Crippen LogP contribution in [0.15, 0.2) is 54.6 Å². The molecule has 0 radical (unpaired) electrons. The van der Waals surface area contributed by atoms with Crippen molar-refractivity contribution in [2.75, 3.05) is 25.5 Å². The minimum atomic E-state index is 0.105. The Balaban J connectivity index is 1.41. The van der Waals surface area contributed by atoms with E-state index in [0.717, 1.165) is 49.9 Å². The van der Waals surface area contributed by atoms with Crippen molar-refractivity contribution in [1.29, 1.82) is 0 Å². The number of benzene rings is 2. The average molecular weight is 431 g/mol. The van der Waals surface area contributed by atoms with E-state index in [-0.39, 0.29) is 17.9 Å². The number of anilines is 1. The summed E-state index contributed by atoms with van der Waals surface area (Å²) in [6.07, 6.45) is 5.81. The van der Waals surface area contributed by atoms with Crippen LogP contribution in [0.5, 0.6) is 0 Å². The number of rotatable bonds is 4. The molecule has 5 atom stereocenters. The molecule has 2 aromatic rings. The number of nitrogens with zero attached hydrogens (tertiary/aromatic N) is 2. The summed E-state index contributed by atoms with van der Waals surface area (Å²) in [4.78, 5) is 31.0. The van der Waals surface area contributed by atoms with Crippen LogP contribution in [0.2, 0.25) is 0 Å². The Hall–Kier alpha value is -2.62. The van der Waals surface area contributed by atoms with Crippen LogP contribution in [-0.2, 0) is 11.2 Å². The van der Waals surface area contributed by atoms with Gasteiger partial charge in [0, 0.05) is 50.3 Å². The van der Waals surface area contributed by atoms with Gasteiger partial charge in [-0.2, -0.15) is 0 Å². The van der Waals surface area contributed by atoms with Gasteiger partial charge in [0.05, 0.1) is 0 Å². The molecule has 0 unspecified atom stereocenters. The van der Waals surface area contributed by atoms with E-state index in [4.69, 9.17) is 0 Å². The van der Waals surface area contributed by atoms with Crippen molar-refractivity contribution in [3.8, 4) is 0 Å². The molecule has 4 nitrogen and oxygen atoms in total. The lowest BCUT2D eigenvalue weighted by Crippen LogP contribution is -2.59. The monoisotopic (exact) mass is 430 g/mol. The molecule has 3 aliphatic rings. The van der Waals surface area contributed by atoms with E-state index in [0.29, 0.717) is 30.0 Å². The van der Waals surface area contributed by atoms with E-state index >= 15 is 0 Å². The first-order valence-corrected chi connectivity index (χ1v) is 12.2. The number of carbonyl (C=O) groups is 2. The lowest BCUT2D eigenvalue weighted by Gasteiger charge is -2.55. The number of amides is 1. The van der Waals surface area contributed by atoms with Gasteiger partial charge in [-0.1, -0.05) is 42.8 Å². The molecule has 1 heterocycles. The van der Waals surface area contributed by atoms with Gasteiger partial charge in [-0.25, -0.2) is 0 Å². The number of Topliss-reactive ketones (excluding diaryl/α,β-unsaturated/α-hetero) is 1. The summed E-state index contributed by atoms with van der Waals surface area (Å²) >= 11 is 0. The van der Waals surface area contributed by atoms with Gasteiger partial charge in [0.25, 0.3) is 5.91 Å². The minimum absolute atomic E-state index is 0.105. The predicted molar refractivity (Wildman–Crippen MR) is 128 cm³/mol. The van der Waals surface area contributed by atoms with Crippen LogP contribution in [0.25, 0.3) is 0 Å². The maximum absolute atomic E-state index is 13.6. The molecular formula is C28H34N2O2. The molecule has 2 aromatic carbocycles. The van der Waals surface area contributed by atoms with Crippen molar-refractivity contribution in [1.82, 2.24) is 4.90 Å². The summed E-state index contributed by atoms with van der Waals surface area (Å²) in [5.74, 6) is 2.04. The Morgan fingerprint density at radius 3 is 2.62 bits per heavy atom. The fourth-order valence-corrected chi connectivity index (χ4v) is 6.75. The first-order chi connectivity index (χ1) is 15.5. The van der Waals surface area contributed by atoms with Gasteiger partial charge in [0.1, 0.15) is 5.78 Å². The molecular weight excluding hydrogens is 396 g/mol. The van der Waals surface area contributed by atoms with Gasteiger partial charge in [-0.3, -0.25) is 9.59 Å². The standard InChI is InChI=1S/C28H34N2O2/c1-29(2)22-11-6-10-21(17-22)28(32)30-15-14-20-18-26(31)24(16-19-8-4-3-5-9-19)23-12-7-13-25(30)27(20)23/h3-6,8-11,17,20,23-25,27H,7,12-16,18H2,1-2H3/t20-,23+,24+,25+,27+/m1/s1. The van der Waals surface area contributed by atoms with Crippen LogP contribution >= 0.6 is 0 Å². The van der Waals surface area contributed by atoms with Crippen LogP contribution in [0, 0.1) is 23.7 Å². The van der Waals surface area contributed by atoms with Crippen molar-refractivity contribution in [3.05, 3.63) is 65.7 Å². The van der Waals surface area contributed by atoms with Gasteiger partial charge in [-0.05, 0) is 67.2 Å². The summed E-state index contributed by atoms with van der Waals surface area (Å²) in [6.45, 7) is 0.778. The van der Waals surface area contributed by atoms with Gasteiger partial charge in [-0.15, -0.1) is 0 Å². The average Bonchev–Trinajstić information content (AvgIpc) is 2.82. The second-order valence-corrected chi connectivity index (χ2v) is 10.2. The summed E-state index contributed by atoms with van der Waals surface area (Å²) < 4.78 is 0. The molecule has 2 aliphatic carbocycles. The summed E-state index contributed by atoms with van der Waals surface area (Å²) in [6, 6.07) is 18.7. The molecule has 2 saturated carbocycles. The fraction of sp³-hybridized carbons (Fsp3) is 0.500. The molecule has 4 heteroatoms. The van der Waals surface area contributed by atoms with E-state index in [2.05, 4.69) is 29.2 Å². The van der Waals surface area contributed by atoms with Crippen LogP contribution < -0.4 is 4.90 Å². The molecule has 168 valence electrons. The quantitative estimate of drug-likeness (QED) is 0.697. The van der Waals surface area contributed by atoms with Crippen LogP contribution in [-0.4, -0.2) is 43.3 Å². The lowest BCUT2D eigenvalue weighted by atomic mass is 9.55. The van der Waals surface area contributed by atoms with E-state index < -0.39 is 0 Å². The number of hydrogen-bond donors (Lipinski definition) is 0. The lowest BCUT2D eigenvalue weighted by molar-refractivity contribution is -0.137. The zero-order chi connectivity index (χ0) is 22.2. The summed E-state index contributed by atoms with van der Waals surface area (Å²) in [7, 11) is 4.01. The first kappa shape index (κ1) is 21.2. The number of likely N-dealkylation sites (tertiary alicyclic amines) is 1. The van der Waals surface area contributed by atoms with E-state index in [1.165, 1.54) is 5.56 Å². The SMILES string of the molecule is CN(C)c1cccc(C(=O)N2CC[C@@H]3CC(=O)[C@@H](Cc4ccccc4)[C@@H]4CCC[C@H]2[C@@H]34)c1. The van der Waals surface area contributed by atoms with Crippen LogP contribution in [0.4, 0.5) is 5.69 Å². The van der Waals surface area contributed by atoms with Crippen molar-refractivity contribution >= 4 is 17.4 Å². The van der Waals surface area contributed by atoms with E-state index in [1.807, 2.05) is 49.3 Å². The molecule has 3 fully saturated rings. The second-order valence-electron chi connectivity index (χ2n) is 10.2. The zero-order valence-electron chi connectivity index (χ0n) is 19.2. The smallest absolute Gasteiger partial charge is 0.254 e. The summed E-state index contributed by atoms with van der Waals surface area (Å²) in [5.41, 5.74) is 3.10. The molecule has 32 heavy (non-hydrogen) atoms. The minimum Gasteiger partial charge on any atom is -0.378 e. The van der Waals surface area contributed by atoms with Crippen molar-refractivity contribution < 1.29 is 9.59 Å². The highest BCUT2D eigenvalue weighted by molar-refractivity contribution is 5.95. The van der Waals surface area contributed by atoms with Crippen molar-refractivity contribution in [3.63, 3.8) is 0 Å². The Labute approximate surface area is 191 Å². The second kappa shape index (κ2) is 8.73. The maximum Gasteiger partial charge on any atom is 0.254 e. The maximum atomic E-state index is 13.6. The van der Waals surface area contributed by atoms with Gasteiger partial charge < -0.3 is 9.80 Å². The Morgan fingerprint density at radius 1 is 1.03 bits per heavy atom. The zero-order valence-corrected chi connectivity index (χ0v) is 19.2. The van der Waals surface area contributed by atoms with E-state index in [9.17, 15) is 9.59 Å². The third kappa shape index (κ3) is 3.85. The van der Waals surface area contributed by atoms with Gasteiger partial charge >= 0.3 is 0 Å². The van der Waals surface area contributed by atoms with Crippen LogP contribution in [0.1, 0.15) is 48.0 Å². The highest BCUT2D eigenvalue weighted by Crippen LogP contribution is 2.51. The molecule has 1 aliphatic heterocycles. The Kier molecular flexibility index (Phi) is 5.79. The third-order valence-electron chi connectivity index (χ3n) is 8.22. The molecule has 1 amide bonds. The number of hydrogen-bond acceptors (Lipinski definition) is 3. The predicted octanol–water partition coefficient (Wildman–Crippen LogP) is 4.83. The van der Waals surface area contributed by atoms with Crippen LogP contribution in [0.3, 0.4) is 0 Å². The Morgan fingerprint density at radius 2 is 1.84 bits per heavy atom. The largest absolute Gasteiger partial charge is 0.378 e. The normalized spacial score (nSPS) is 29.4. The fourth-order valence-electron chi connectivity index (χ4n) is 6.75. The number of ketones is 1. The third-order valence-corrected chi connectivity index (χ3v) is 8.22. The highest BCUT2D eigenvalue weighted by atomic mass is 16.2. The van der Waals surface area contributed by atoms with Crippen molar-refractivity contribution in [2.24, 2.45) is 23.7 Å². The Bertz CT molecular complexity index is 986. The molecule has 1 saturated heterocycles. The van der Waals surface area contributed by atoms with Gasteiger partial charge in [0.2, 0.25) is 0 Å². The number of carbonyl (C=O) groups excluding carboxylic acids is 2. The topological polar surface area (TPSA) is 40.6 Å². The van der Waals surface area contributed by atoms with Crippen molar-refractivity contribution in [2.45, 2.75) is 44.6 Å². The molecule has 0 bridgehead atoms. The molecule has 0 aromatic heterocycles. The molecule has 5 rings (SSSR count). The molecule has 0 spiro atoms. The summed E-state index contributed by atoms with van der Waals surface area (Å²) in [5, 5.41) is 0. The molecule has 0 N–H and O–H groups in total. The number of piperidine rings is 1. The van der Waals surface area contributed by atoms with E-state index in [1.54, 1.807) is 0 Å². The van der Waals surface area contributed by atoms with Gasteiger partial charge in [0.15, 0.2) is 0 Å².